The Morgan fingerprint density at radius 2 is 1.61 bits per heavy atom. The van der Waals surface area contributed by atoms with E-state index in [1.807, 2.05) is 30.3 Å². The van der Waals surface area contributed by atoms with E-state index in [2.05, 4.69) is 41.3 Å². The van der Waals surface area contributed by atoms with E-state index in [0.29, 0.717) is 24.1 Å². The SMILES string of the molecule is COc1ccc(-c2ccc(OC)cc2N2CCC(COc3cccc([Si](CC(=O)O)C4CC4)c3)CC2)cc1. The Hall–Kier alpha value is -3.45. The fourth-order valence-corrected chi connectivity index (χ4v) is 8.12. The molecule has 1 N–H and O–H groups in total. The molecule has 3 aromatic rings. The molecule has 1 saturated heterocycles. The molecule has 2 aliphatic rings. The fourth-order valence-electron chi connectivity index (χ4n) is 5.33. The topological polar surface area (TPSA) is 68.2 Å². The Balaban J connectivity index is 1.22. The van der Waals surface area contributed by atoms with Crippen molar-refractivity contribution < 1.29 is 24.1 Å². The van der Waals surface area contributed by atoms with Gasteiger partial charge in [-0.2, -0.15) is 0 Å². The number of carboxylic acid groups (broad SMARTS) is 1. The molecular weight excluding hydrogens is 494 g/mol. The molecule has 0 spiro atoms. The lowest BCUT2D eigenvalue weighted by molar-refractivity contribution is -0.134. The van der Waals surface area contributed by atoms with E-state index in [1.165, 1.54) is 29.3 Å². The maximum Gasteiger partial charge on any atom is 0.300 e. The van der Waals surface area contributed by atoms with Crippen molar-refractivity contribution in [3.63, 3.8) is 0 Å². The number of nitrogens with zero attached hydrogens (tertiary/aromatic N) is 1. The number of benzene rings is 3. The van der Waals surface area contributed by atoms with Crippen LogP contribution in [0.4, 0.5) is 5.69 Å². The van der Waals surface area contributed by atoms with Gasteiger partial charge in [-0.15, -0.1) is 0 Å². The average molecular weight is 531 g/mol. The van der Waals surface area contributed by atoms with Crippen molar-refractivity contribution >= 4 is 25.6 Å². The first kappa shape index (κ1) is 26.2. The van der Waals surface area contributed by atoms with Gasteiger partial charge in [0.2, 0.25) is 0 Å². The van der Waals surface area contributed by atoms with Crippen LogP contribution in [0.5, 0.6) is 17.2 Å². The van der Waals surface area contributed by atoms with Crippen molar-refractivity contribution in [3.05, 3.63) is 66.7 Å². The summed E-state index contributed by atoms with van der Waals surface area (Å²) in [6.45, 7) is 2.60. The average Bonchev–Trinajstić information content (AvgIpc) is 3.80. The van der Waals surface area contributed by atoms with Crippen LogP contribution in [0.1, 0.15) is 25.7 Å². The van der Waals surface area contributed by atoms with Gasteiger partial charge in [-0.05, 0) is 66.3 Å². The van der Waals surface area contributed by atoms with Gasteiger partial charge in [0, 0.05) is 36.5 Å². The lowest BCUT2D eigenvalue weighted by atomic mass is 9.95. The van der Waals surface area contributed by atoms with Crippen molar-refractivity contribution in [2.24, 2.45) is 5.92 Å². The standard InChI is InChI=1S/C31H36NO5Si/c1-35-24-8-6-23(7-9-24)29-13-10-25(36-2)19-30(29)32-16-14-22(15-17-32)20-37-26-4-3-5-28(18-26)38(21-31(33)34)27-11-12-27/h3-10,13,18-19,22,27H,11-12,14-17,20-21H2,1-2H3,(H,33,34). The molecule has 38 heavy (non-hydrogen) atoms. The van der Waals surface area contributed by atoms with E-state index >= 15 is 0 Å². The van der Waals surface area contributed by atoms with Crippen LogP contribution in [0.15, 0.2) is 66.7 Å². The van der Waals surface area contributed by atoms with Crippen molar-refractivity contribution in [2.45, 2.75) is 37.3 Å². The Labute approximate surface area is 226 Å². The third kappa shape index (κ3) is 6.33. The van der Waals surface area contributed by atoms with Crippen LogP contribution in [0, 0.1) is 5.92 Å². The van der Waals surface area contributed by atoms with Gasteiger partial charge in [0.1, 0.15) is 26.0 Å². The summed E-state index contributed by atoms with van der Waals surface area (Å²) in [5.41, 5.74) is 4.13. The van der Waals surface area contributed by atoms with E-state index in [0.717, 1.165) is 48.7 Å². The summed E-state index contributed by atoms with van der Waals surface area (Å²) in [4.78, 5) is 13.9. The quantitative estimate of drug-likeness (QED) is 0.325. The maximum atomic E-state index is 11.4. The second kappa shape index (κ2) is 11.9. The van der Waals surface area contributed by atoms with Crippen LogP contribution in [0.25, 0.3) is 11.1 Å². The minimum absolute atomic E-state index is 0.292. The molecule has 1 aliphatic heterocycles. The molecule has 6 nitrogen and oxygen atoms in total. The van der Waals surface area contributed by atoms with E-state index in [4.69, 9.17) is 14.2 Å². The Morgan fingerprint density at radius 1 is 0.895 bits per heavy atom. The maximum absolute atomic E-state index is 11.4. The van der Waals surface area contributed by atoms with E-state index in [9.17, 15) is 9.90 Å². The lowest BCUT2D eigenvalue weighted by Crippen LogP contribution is -2.36. The number of carboxylic acids is 1. The van der Waals surface area contributed by atoms with Crippen LogP contribution in [0.2, 0.25) is 11.6 Å². The summed E-state index contributed by atoms with van der Waals surface area (Å²) in [6, 6.07) is 23.0. The fraction of sp³-hybridized carbons (Fsp3) is 0.387. The molecule has 0 aromatic heterocycles. The second-order valence-electron chi connectivity index (χ2n) is 10.3. The smallest absolute Gasteiger partial charge is 0.300 e. The van der Waals surface area contributed by atoms with Gasteiger partial charge < -0.3 is 24.2 Å². The van der Waals surface area contributed by atoms with Gasteiger partial charge in [0.15, 0.2) is 0 Å². The number of rotatable bonds is 11. The summed E-state index contributed by atoms with van der Waals surface area (Å²) >= 11 is 0. The number of carbonyl (C=O) groups is 1. The van der Waals surface area contributed by atoms with Crippen LogP contribution in [0.3, 0.4) is 0 Å². The number of methoxy groups -OCH3 is 2. The minimum Gasteiger partial charge on any atom is -0.497 e. The molecule has 0 bridgehead atoms. The van der Waals surface area contributed by atoms with Crippen molar-refractivity contribution in [3.8, 4) is 28.4 Å². The molecule has 5 rings (SSSR count). The van der Waals surface area contributed by atoms with Crippen molar-refractivity contribution in [1.82, 2.24) is 0 Å². The normalized spacial score (nSPS) is 15.9. The predicted molar refractivity (Wildman–Crippen MR) is 153 cm³/mol. The molecule has 1 heterocycles. The summed E-state index contributed by atoms with van der Waals surface area (Å²) in [5.74, 6) is 2.37. The van der Waals surface area contributed by atoms with Crippen LogP contribution in [-0.2, 0) is 4.79 Å². The Bertz CT molecular complexity index is 1240. The van der Waals surface area contributed by atoms with Crippen LogP contribution in [-0.4, -0.2) is 53.8 Å². The highest BCUT2D eigenvalue weighted by molar-refractivity contribution is 6.77. The summed E-state index contributed by atoms with van der Waals surface area (Å²) in [5, 5.41) is 10.6. The number of ether oxygens (including phenoxy) is 3. The highest BCUT2D eigenvalue weighted by Gasteiger charge is 2.35. The first-order chi connectivity index (χ1) is 18.5. The van der Waals surface area contributed by atoms with E-state index in [1.54, 1.807) is 14.2 Å². The molecule has 2 fully saturated rings. The summed E-state index contributed by atoms with van der Waals surface area (Å²) in [6.07, 6.45) is 4.43. The number of piperidine rings is 1. The van der Waals surface area contributed by atoms with Crippen LogP contribution >= 0.6 is 0 Å². The molecule has 0 atom stereocenters. The van der Waals surface area contributed by atoms with Gasteiger partial charge >= 0.3 is 5.97 Å². The van der Waals surface area contributed by atoms with Gasteiger partial charge in [0.25, 0.3) is 0 Å². The van der Waals surface area contributed by atoms with Crippen molar-refractivity contribution in [1.29, 1.82) is 0 Å². The number of anilines is 1. The summed E-state index contributed by atoms with van der Waals surface area (Å²) in [7, 11) is 2.32. The van der Waals surface area contributed by atoms with Crippen molar-refractivity contribution in [2.75, 3.05) is 38.8 Å². The molecule has 1 radical (unpaired) electrons. The number of aliphatic carboxylic acids is 1. The lowest BCUT2D eigenvalue weighted by Gasteiger charge is -2.35. The zero-order valence-electron chi connectivity index (χ0n) is 22.2. The zero-order chi connectivity index (χ0) is 26.5. The molecule has 3 aromatic carbocycles. The van der Waals surface area contributed by atoms with Crippen LogP contribution < -0.4 is 24.3 Å². The van der Waals surface area contributed by atoms with Gasteiger partial charge in [-0.3, -0.25) is 4.79 Å². The third-order valence-electron chi connectivity index (χ3n) is 7.66. The number of hydrogen-bond donors (Lipinski definition) is 1. The minimum atomic E-state index is -1.07. The monoisotopic (exact) mass is 530 g/mol. The highest BCUT2D eigenvalue weighted by atomic mass is 28.3. The highest BCUT2D eigenvalue weighted by Crippen LogP contribution is 2.40. The molecule has 0 unspecified atom stereocenters. The predicted octanol–water partition coefficient (Wildman–Crippen LogP) is 5.62. The molecule has 1 saturated carbocycles. The van der Waals surface area contributed by atoms with E-state index in [-0.39, 0.29) is 0 Å². The van der Waals surface area contributed by atoms with Gasteiger partial charge in [0.05, 0.1) is 20.8 Å². The first-order valence-corrected chi connectivity index (χ1v) is 15.2. The molecule has 0 amide bonds. The largest absolute Gasteiger partial charge is 0.497 e. The molecule has 1 aliphatic carbocycles. The third-order valence-corrected chi connectivity index (χ3v) is 11.0. The van der Waals surface area contributed by atoms with Gasteiger partial charge in [-0.1, -0.05) is 42.3 Å². The van der Waals surface area contributed by atoms with Gasteiger partial charge in [-0.25, -0.2) is 0 Å². The second-order valence-corrected chi connectivity index (χ2v) is 13.0. The number of hydrogen-bond acceptors (Lipinski definition) is 5. The molecule has 199 valence electrons. The Morgan fingerprint density at radius 3 is 2.26 bits per heavy atom. The zero-order valence-corrected chi connectivity index (χ0v) is 23.2. The Kier molecular flexibility index (Phi) is 8.22. The molecular formula is C31H36NO5Si. The first-order valence-electron chi connectivity index (χ1n) is 13.4. The molecule has 7 heteroatoms. The van der Waals surface area contributed by atoms with E-state index < -0.39 is 14.8 Å². The summed E-state index contributed by atoms with van der Waals surface area (Å²) < 4.78 is 17.1.